The van der Waals surface area contributed by atoms with E-state index in [1.165, 1.54) is 25.0 Å². The van der Waals surface area contributed by atoms with E-state index >= 15 is 0 Å². The molecular formula is C22H27F2N5O3S. The molecule has 1 aromatic carbocycles. The number of allylic oxidation sites excluding steroid dienone is 2. The Morgan fingerprint density at radius 1 is 1.36 bits per heavy atom. The first-order valence-corrected chi connectivity index (χ1v) is 11.9. The topological polar surface area (TPSA) is 85.3 Å². The largest absolute Gasteiger partial charge is 0.364 e. The van der Waals surface area contributed by atoms with Crippen LogP contribution in [0.4, 0.5) is 8.78 Å². The predicted molar refractivity (Wildman–Crippen MR) is 122 cm³/mol. The van der Waals surface area contributed by atoms with Crippen molar-refractivity contribution in [2.75, 3.05) is 20.1 Å². The summed E-state index contributed by atoms with van der Waals surface area (Å²) in [5, 5.41) is 5.22. The molecular weight excluding hydrogens is 452 g/mol. The van der Waals surface area contributed by atoms with Gasteiger partial charge in [0, 0.05) is 49.9 Å². The van der Waals surface area contributed by atoms with Gasteiger partial charge in [-0.25, -0.2) is 18.5 Å². The predicted octanol–water partition coefficient (Wildman–Crippen LogP) is 3.02. The molecule has 0 aliphatic carbocycles. The summed E-state index contributed by atoms with van der Waals surface area (Å²) in [6.45, 7) is 7.42. The molecule has 1 saturated heterocycles. The minimum Gasteiger partial charge on any atom is -0.364 e. The lowest BCUT2D eigenvalue weighted by atomic mass is 10.0. The molecule has 1 N–H and O–H groups in total. The zero-order chi connectivity index (χ0) is 24.3. The van der Waals surface area contributed by atoms with Crippen molar-refractivity contribution in [1.82, 2.24) is 18.9 Å². The molecule has 2 aliphatic rings. The fourth-order valence-corrected chi connectivity index (χ4v) is 4.67. The van der Waals surface area contributed by atoms with Gasteiger partial charge in [-0.2, -0.15) is 17.8 Å². The van der Waals surface area contributed by atoms with E-state index in [0.29, 0.717) is 24.4 Å². The number of benzene rings is 1. The van der Waals surface area contributed by atoms with Crippen molar-refractivity contribution in [3.63, 3.8) is 0 Å². The summed E-state index contributed by atoms with van der Waals surface area (Å²) in [5.41, 5.74) is 1.35. The first-order valence-electron chi connectivity index (χ1n) is 10.5. The van der Waals surface area contributed by atoms with Gasteiger partial charge in [-0.05, 0) is 50.1 Å². The molecule has 0 bridgehead atoms. The summed E-state index contributed by atoms with van der Waals surface area (Å²) in [7, 11) is -2.63. The molecule has 11 heteroatoms. The van der Waals surface area contributed by atoms with Crippen molar-refractivity contribution in [1.29, 1.82) is 0 Å². The summed E-state index contributed by atoms with van der Waals surface area (Å²) in [4.78, 5) is 14.6. The molecule has 0 radical (unpaired) electrons. The second-order valence-electron chi connectivity index (χ2n) is 7.75. The van der Waals surface area contributed by atoms with Gasteiger partial charge in [0.25, 0.3) is 5.91 Å². The third-order valence-electron chi connectivity index (χ3n) is 5.77. The van der Waals surface area contributed by atoms with Gasteiger partial charge in [-0.1, -0.05) is 6.92 Å². The molecule has 8 nitrogen and oxygen atoms in total. The number of hydrogen-bond acceptors (Lipinski definition) is 6. The smallest absolute Gasteiger partial charge is 0.303 e. The number of hydrogen-bond donors (Lipinski definition) is 1. The van der Waals surface area contributed by atoms with Crippen molar-refractivity contribution >= 4 is 22.8 Å². The number of likely N-dealkylation sites (tertiary alicyclic amines) is 1. The maximum Gasteiger partial charge on any atom is 0.303 e. The first kappa shape index (κ1) is 24.6. The molecule has 2 heterocycles. The second kappa shape index (κ2) is 9.84. The normalized spacial score (nSPS) is 20.2. The molecule has 0 spiro atoms. The van der Waals surface area contributed by atoms with Gasteiger partial charge in [0.15, 0.2) is 0 Å². The van der Waals surface area contributed by atoms with Crippen LogP contribution in [0, 0.1) is 11.6 Å². The summed E-state index contributed by atoms with van der Waals surface area (Å²) in [6, 6.07) is 3.02. The lowest BCUT2D eigenvalue weighted by Gasteiger charge is -2.32. The van der Waals surface area contributed by atoms with Gasteiger partial charge in [-0.3, -0.25) is 4.79 Å². The van der Waals surface area contributed by atoms with Gasteiger partial charge in [0.1, 0.15) is 11.6 Å². The van der Waals surface area contributed by atoms with Crippen LogP contribution in [0.1, 0.15) is 38.3 Å². The average molecular weight is 480 g/mol. The number of rotatable bonds is 7. The monoisotopic (exact) mass is 479 g/mol. The van der Waals surface area contributed by atoms with E-state index in [2.05, 4.69) is 11.8 Å². The standard InChI is InChI=1S/C22H27F2N5O3S/c1-5-27(4)33(31,32)26-22(30)15(2)21-14-17(10-12-29(21)25-3)28-11-6-7-20(28)18-13-16(23)8-9-19(18)24/h8-10,12-14,20H,3,5-7,11H2,1-2,4H3,(H,26,30)/b21-15+/t20-/m1/s1. The molecule has 33 heavy (non-hydrogen) atoms. The molecule has 1 aromatic rings. The fourth-order valence-electron chi connectivity index (χ4n) is 3.79. The molecule has 178 valence electrons. The van der Waals surface area contributed by atoms with Crippen molar-refractivity contribution in [3.05, 3.63) is 70.7 Å². The van der Waals surface area contributed by atoms with Crippen LogP contribution in [-0.2, 0) is 15.0 Å². The Balaban J connectivity index is 1.96. The molecule has 1 fully saturated rings. The van der Waals surface area contributed by atoms with Crippen LogP contribution in [-0.4, -0.2) is 55.4 Å². The summed E-state index contributed by atoms with van der Waals surface area (Å²) >= 11 is 0. The van der Waals surface area contributed by atoms with Crippen LogP contribution in [0.3, 0.4) is 0 Å². The molecule has 1 atom stereocenters. The Labute approximate surface area is 192 Å². The van der Waals surface area contributed by atoms with Gasteiger partial charge in [0.2, 0.25) is 0 Å². The third kappa shape index (κ3) is 5.14. The Bertz CT molecular complexity index is 1150. The van der Waals surface area contributed by atoms with Gasteiger partial charge < -0.3 is 4.90 Å². The second-order valence-corrected chi connectivity index (χ2v) is 9.53. The Kier molecular flexibility index (Phi) is 7.33. The summed E-state index contributed by atoms with van der Waals surface area (Å²) in [6.07, 6.45) is 6.39. The Morgan fingerprint density at radius 2 is 2.09 bits per heavy atom. The molecule has 0 aromatic heterocycles. The van der Waals surface area contributed by atoms with Crippen LogP contribution in [0.25, 0.3) is 0 Å². The van der Waals surface area contributed by atoms with Crippen LogP contribution >= 0.6 is 0 Å². The van der Waals surface area contributed by atoms with Crippen LogP contribution in [0.15, 0.2) is 58.6 Å². The van der Waals surface area contributed by atoms with E-state index in [1.54, 1.807) is 25.3 Å². The number of nitrogens with zero attached hydrogens (tertiary/aromatic N) is 4. The van der Waals surface area contributed by atoms with Crippen molar-refractivity contribution in [2.24, 2.45) is 5.10 Å². The zero-order valence-corrected chi connectivity index (χ0v) is 19.6. The lowest BCUT2D eigenvalue weighted by molar-refractivity contribution is -0.115. The number of carbonyl (C=O) groups is 1. The molecule has 0 saturated carbocycles. The van der Waals surface area contributed by atoms with Crippen LogP contribution < -0.4 is 4.72 Å². The van der Waals surface area contributed by atoms with E-state index in [1.807, 2.05) is 9.62 Å². The summed E-state index contributed by atoms with van der Waals surface area (Å²) < 4.78 is 55.8. The van der Waals surface area contributed by atoms with Crippen LogP contribution in [0.2, 0.25) is 0 Å². The number of hydrazone groups is 1. The Hall–Kier alpha value is -3.05. The minimum absolute atomic E-state index is 0.102. The highest BCUT2D eigenvalue weighted by Gasteiger charge is 2.31. The highest BCUT2D eigenvalue weighted by molar-refractivity contribution is 7.87. The number of nitrogens with one attached hydrogen (secondary N) is 1. The van der Waals surface area contributed by atoms with Gasteiger partial charge in [0.05, 0.1) is 11.7 Å². The maximum atomic E-state index is 14.5. The molecule has 3 rings (SSSR count). The van der Waals surface area contributed by atoms with Crippen molar-refractivity contribution < 1.29 is 22.0 Å². The van der Waals surface area contributed by atoms with E-state index in [9.17, 15) is 22.0 Å². The Morgan fingerprint density at radius 3 is 2.76 bits per heavy atom. The van der Waals surface area contributed by atoms with Crippen molar-refractivity contribution in [3.8, 4) is 0 Å². The number of amides is 1. The SMILES string of the molecule is C=NN1C=CC(N2CCC[C@@H]2c2cc(F)ccc2F)=C/C1=C(/C)C(=O)NS(=O)(=O)N(C)CC. The third-order valence-corrected chi connectivity index (χ3v) is 7.30. The first-order chi connectivity index (χ1) is 15.6. The maximum absolute atomic E-state index is 14.5. The quantitative estimate of drug-likeness (QED) is 0.480. The molecule has 0 unspecified atom stereocenters. The number of halogens is 2. The zero-order valence-electron chi connectivity index (χ0n) is 18.8. The minimum atomic E-state index is -3.99. The average Bonchev–Trinajstić information content (AvgIpc) is 3.28. The fraction of sp³-hybridized carbons (Fsp3) is 0.364. The molecule has 2 aliphatic heterocycles. The summed E-state index contributed by atoms with van der Waals surface area (Å²) in [5.74, 6) is -1.81. The molecule has 1 amide bonds. The van der Waals surface area contributed by atoms with Gasteiger partial charge in [-0.15, -0.1) is 0 Å². The van der Waals surface area contributed by atoms with E-state index in [0.717, 1.165) is 22.9 Å². The highest BCUT2D eigenvalue weighted by atomic mass is 32.2. The van der Waals surface area contributed by atoms with E-state index in [-0.39, 0.29) is 23.7 Å². The van der Waals surface area contributed by atoms with E-state index in [4.69, 9.17) is 0 Å². The highest BCUT2D eigenvalue weighted by Crippen LogP contribution is 2.38. The van der Waals surface area contributed by atoms with Gasteiger partial charge >= 0.3 is 10.2 Å². The van der Waals surface area contributed by atoms with E-state index < -0.39 is 27.8 Å². The van der Waals surface area contributed by atoms with Crippen LogP contribution in [0.5, 0.6) is 0 Å². The lowest BCUT2D eigenvalue weighted by Crippen LogP contribution is -2.42. The number of carbonyl (C=O) groups excluding carboxylic acids is 1. The van der Waals surface area contributed by atoms with Crippen molar-refractivity contribution in [2.45, 2.75) is 32.7 Å².